The normalized spacial score (nSPS) is 11.6. The Kier molecular flexibility index (Phi) is 5.36. The van der Waals surface area contributed by atoms with Gasteiger partial charge in [-0.1, -0.05) is 107 Å². The predicted octanol–water partition coefficient (Wildman–Crippen LogP) is 11.2. The topological polar surface area (TPSA) is 4.93 Å². The fourth-order valence-electron chi connectivity index (χ4n) is 6.03. The lowest BCUT2D eigenvalue weighted by Crippen LogP contribution is -1.96. The van der Waals surface area contributed by atoms with Crippen LogP contribution >= 0.6 is 15.9 Å². The van der Waals surface area contributed by atoms with Crippen molar-refractivity contribution in [1.82, 2.24) is 4.57 Å². The molecule has 0 amide bonds. The van der Waals surface area contributed by atoms with Crippen LogP contribution in [0.3, 0.4) is 0 Å². The van der Waals surface area contributed by atoms with Gasteiger partial charge in [0.2, 0.25) is 0 Å². The van der Waals surface area contributed by atoms with Gasteiger partial charge in [0, 0.05) is 20.9 Å². The van der Waals surface area contributed by atoms with Crippen molar-refractivity contribution in [2.75, 3.05) is 0 Å². The van der Waals surface area contributed by atoms with Gasteiger partial charge in [0.25, 0.3) is 0 Å². The number of benzene rings is 7. The largest absolute Gasteiger partial charge is 0.309 e. The fraction of sp³-hybridized carbons (Fsp3) is 0. The van der Waals surface area contributed by atoms with Crippen molar-refractivity contribution in [3.63, 3.8) is 0 Å². The third kappa shape index (κ3) is 3.84. The highest BCUT2D eigenvalue weighted by Gasteiger charge is 2.15. The van der Waals surface area contributed by atoms with Gasteiger partial charge >= 0.3 is 0 Å². The average Bonchev–Trinajstić information content (AvgIpc) is 3.34. The molecule has 0 N–H and O–H groups in total. The van der Waals surface area contributed by atoms with E-state index in [-0.39, 0.29) is 0 Å². The van der Waals surface area contributed by atoms with Crippen LogP contribution in [0.25, 0.3) is 71.3 Å². The minimum Gasteiger partial charge on any atom is -0.309 e. The molecule has 0 atom stereocenters. The number of aromatic nitrogens is 1. The van der Waals surface area contributed by atoms with Crippen LogP contribution in [-0.2, 0) is 0 Å². The van der Waals surface area contributed by atoms with Gasteiger partial charge in [-0.2, -0.15) is 0 Å². The SMILES string of the molecule is Brc1ccc2c(c1)c1ccccc1n2-c1cc(-c2ccc3ccccc3c2)cc(-c2ccc3ccccc3c2)c1. The molecule has 0 saturated heterocycles. The van der Waals surface area contributed by atoms with Gasteiger partial charge in [-0.25, -0.2) is 0 Å². The maximum absolute atomic E-state index is 3.70. The summed E-state index contributed by atoms with van der Waals surface area (Å²) in [6.07, 6.45) is 0. The van der Waals surface area contributed by atoms with Crippen molar-refractivity contribution >= 4 is 59.3 Å². The van der Waals surface area contributed by atoms with Crippen LogP contribution < -0.4 is 0 Å². The van der Waals surface area contributed by atoms with Crippen molar-refractivity contribution in [1.29, 1.82) is 0 Å². The first-order valence-electron chi connectivity index (χ1n) is 13.5. The minimum absolute atomic E-state index is 1.09. The summed E-state index contributed by atoms with van der Waals surface area (Å²) in [4.78, 5) is 0. The molecule has 0 bridgehead atoms. The summed E-state index contributed by atoms with van der Waals surface area (Å²) in [6.45, 7) is 0. The van der Waals surface area contributed by atoms with Crippen LogP contribution in [0.4, 0.5) is 0 Å². The number of halogens is 1. The van der Waals surface area contributed by atoms with Gasteiger partial charge < -0.3 is 4.57 Å². The third-order valence-corrected chi connectivity index (χ3v) is 8.47. The van der Waals surface area contributed by atoms with Crippen LogP contribution in [0.2, 0.25) is 0 Å². The molecule has 0 saturated carbocycles. The summed E-state index contributed by atoms with van der Waals surface area (Å²) in [6, 6.07) is 53.0. The molecule has 8 aromatic rings. The zero-order valence-electron chi connectivity index (χ0n) is 21.7. The molecule has 1 nitrogen and oxygen atoms in total. The molecule has 0 spiro atoms. The Balaban J connectivity index is 1.43. The highest BCUT2D eigenvalue weighted by atomic mass is 79.9. The Labute approximate surface area is 241 Å². The summed E-state index contributed by atoms with van der Waals surface area (Å²) in [5.41, 5.74) is 8.39. The number of hydrogen-bond donors (Lipinski definition) is 0. The number of nitrogens with zero attached hydrogens (tertiary/aromatic N) is 1. The van der Waals surface area contributed by atoms with E-state index in [1.54, 1.807) is 0 Å². The summed E-state index contributed by atoms with van der Waals surface area (Å²) in [7, 11) is 0. The zero-order chi connectivity index (χ0) is 26.6. The molecule has 2 heteroatoms. The van der Waals surface area contributed by atoms with Gasteiger partial charge in [-0.15, -0.1) is 0 Å². The van der Waals surface area contributed by atoms with Gasteiger partial charge in [0.15, 0.2) is 0 Å². The quantitative estimate of drug-likeness (QED) is 0.198. The molecule has 188 valence electrons. The standard InChI is InChI=1S/C38H24BrN/c39-33-17-18-38-36(24-33)35-11-5-6-12-37(35)40(38)34-22-31(29-15-13-25-7-1-3-9-27(25)19-29)21-32(23-34)30-16-14-26-8-2-4-10-28(26)20-30/h1-24H. The summed E-state index contributed by atoms with van der Waals surface area (Å²) >= 11 is 3.70. The van der Waals surface area contributed by atoms with Crippen molar-refractivity contribution < 1.29 is 0 Å². The number of fused-ring (bicyclic) bond motifs is 5. The monoisotopic (exact) mass is 573 g/mol. The van der Waals surface area contributed by atoms with Crippen molar-refractivity contribution in [2.45, 2.75) is 0 Å². The van der Waals surface area contributed by atoms with E-state index in [1.165, 1.54) is 65.6 Å². The average molecular weight is 575 g/mol. The Morgan fingerprint density at radius 3 is 1.57 bits per heavy atom. The minimum atomic E-state index is 1.09. The van der Waals surface area contributed by atoms with Gasteiger partial charge in [0.1, 0.15) is 0 Å². The summed E-state index contributed by atoms with van der Waals surface area (Å²) in [5, 5.41) is 7.50. The van der Waals surface area contributed by atoms with Crippen LogP contribution in [0.5, 0.6) is 0 Å². The first kappa shape index (κ1) is 23.2. The molecule has 0 unspecified atom stereocenters. The van der Waals surface area contributed by atoms with E-state index in [9.17, 15) is 0 Å². The van der Waals surface area contributed by atoms with E-state index >= 15 is 0 Å². The van der Waals surface area contributed by atoms with E-state index in [1.807, 2.05) is 0 Å². The lowest BCUT2D eigenvalue weighted by atomic mass is 9.95. The Morgan fingerprint density at radius 1 is 0.375 bits per heavy atom. The summed E-state index contributed by atoms with van der Waals surface area (Å²) in [5.74, 6) is 0. The van der Waals surface area contributed by atoms with E-state index in [0.29, 0.717) is 0 Å². The second-order valence-corrected chi connectivity index (χ2v) is 11.3. The van der Waals surface area contributed by atoms with Crippen LogP contribution in [-0.4, -0.2) is 4.57 Å². The molecule has 7 aromatic carbocycles. The lowest BCUT2D eigenvalue weighted by molar-refractivity contribution is 1.18. The maximum Gasteiger partial charge on any atom is 0.0541 e. The van der Waals surface area contributed by atoms with Gasteiger partial charge in [-0.3, -0.25) is 0 Å². The lowest BCUT2D eigenvalue weighted by Gasteiger charge is -2.15. The Morgan fingerprint density at radius 2 is 0.925 bits per heavy atom. The molecular weight excluding hydrogens is 550 g/mol. The highest BCUT2D eigenvalue weighted by molar-refractivity contribution is 9.10. The predicted molar refractivity (Wildman–Crippen MR) is 174 cm³/mol. The molecule has 1 heterocycles. The molecule has 0 radical (unpaired) electrons. The Bertz CT molecular complexity index is 2140. The molecule has 0 fully saturated rings. The molecule has 0 aliphatic rings. The van der Waals surface area contributed by atoms with E-state index in [2.05, 4.69) is 166 Å². The van der Waals surface area contributed by atoms with E-state index in [4.69, 9.17) is 0 Å². The Hall–Kier alpha value is -4.66. The molecule has 8 rings (SSSR count). The second-order valence-electron chi connectivity index (χ2n) is 10.4. The number of para-hydroxylation sites is 1. The van der Waals surface area contributed by atoms with Crippen molar-refractivity contribution in [3.8, 4) is 27.9 Å². The third-order valence-electron chi connectivity index (χ3n) is 7.98. The molecule has 0 aliphatic heterocycles. The molecule has 40 heavy (non-hydrogen) atoms. The van der Waals surface area contributed by atoms with Crippen LogP contribution in [0.1, 0.15) is 0 Å². The highest BCUT2D eigenvalue weighted by Crippen LogP contribution is 2.38. The summed E-state index contributed by atoms with van der Waals surface area (Å²) < 4.78 is 3.50. The smallest absolute Gasteiger partial charge is 0.0541 e. The molecular formula is C38H24BrN. The van der Waals surface area contributed by atoms with E-state index < -0.39 is 0 Å². The van der Waals surface area contributed by atoms with E-state index in [0.717, 1.165) is 10.2 Å². The van der Waals surface area contributed by atoms with Gasteiger partial charge in [-0.05, 0) is 98.4 Å². The number of hydrogen-bond acceptors (Lipinski definition) is 0. The van der Waals surface area contributed by atoms with Crippen molar-refractivity contribution in [2.24, 2.45) is 0 Å². The zero-order valence-corrected chi connectivity index (χ0v) is 23.3. The van der Waals surface area contributed by atoms with Crippen LogP contribution in [0.15, 0.2) is 150 Å². The van der Waals surface area contributed by atoms with Crippen molar-refractivity contribution in [3.05, 3.63) is 150 Å². The molecule has 0 aliphatic carbocycles. The number of rotatable bonds is 3. The fourth-order valence-corrected chi connectivity index (χ4v) is 6.40. The molecule has 1 aromatic heterocycles. The van der Waals surface area contributed by atoms with Gasteiger partial charge in [0.05, 0.1) is 11.0 Å². The van der Waals surface area contributed by atoms with Crippen LogP contribution in [0, 0.1) is 0 Å². The second kappa shape index (κ2) is 9.22. The maximum atomic E-state index is 3.70. The first-order chi connectivity index (χ1) is 19.7. The first-order valence-corrected chi connectivity index (χ1v) is 14.3.